The van der Waals surface area contributed by atoms with Gasteiger partial charge in [-0.25, -0.2) is 0 Å². The Hall–Kier alpha value is -2.06. The highest BCUT2D eigenvalue weighted by Gasteiger charge is 2.33. The van der Waals surface area contributed by atoms with E-state index in [1.807, 2.05) is 24.3 Å². The van der Waals surface area contributed by atoms with Crippen LogP contribution in [0.1, 0.15) is 29.4 Å². The normalized spacial score (nSPS) is 22.1. The summed E-state index contributed by atoms with van der Waals surface area (Å²) in [7, 11) is 0. The van der Waals surface area contributed by atoms with E-state index in [0.29, 0.717) is 11.8 Å². The summed E-state index contributed by atoms with van der Waals surface area (Å²) < 4.78 is 5.56. The zero-order valence-corrected chi connectivity index (χ0v) is 12.0. The van der Waals surface area contributed by atoms with Gasteiger partial charge in [-0.15, -0.1) is 0 Å². The van der Waals surface area contributed by atoms with Crippen molar-refractivity contribution in [1.82, 2.24) is 5.16 Å². The number of rotatable bonds is 1. The molecule has 1 aromatic heterocycles. The minimum Gasteiger partial charge on any atom is -0.356 e. The van der Waals surface area contributed by atoms with E-state index in [-0.39, 0.29) is 0 Å². The highest BCUT2D eigenvalue weighted by atomic mass is 35.5. The quantitative estimate of drug-likeness (QED) is 0.570. The van der Waals surface area contributed by atoms with Crippen LogP contribution in [-0.2, 0) is 0 Å². The van der Waals surface area contributed by atoms with Gasteiger partial charge in [0.2, 0.25) is 0 Å². The molecule has 0 aliphatic heterocycles. The van der Waals surface area contributed by atoms with E-state index in [4.69, 9.17) is 16.1 Å². The summed E-state index contributed by atoms with van der Waals surface area (Å²) in [6, 6.07) is 12.2. The minimum absolute atomic E-state index is 0.568. The Kier molecular flexibility index (Phi) is 2.20. The Morgan fingerprint density at radius 2 is 1.71 bits per heavy atom. The van der Waals surface area contributed by atoms with Crippen molar-refractivity contribution in [2.75, 3.05) is 0 Å². The van der Waals surface area contributed by atoms with Crippen molar-refractivity contribution >= 4 is 22.6 Å². The average Bonchev–Trinajstić information content (AvgIpc) is 3.20. The smallest absolute Gasteiger partial charge is 0.167 e. The molecule has 2 bridgehead atoms. The highest BCUT2D eigenvalue weighted by Crippen LogP contribution is 2.50. The molecule has 1 heterocycles. The Morgan fingerprint density at radius 1 is 1.00 bits per heavy atom. The highest BCUT2D eigenvalue weighted by molar-refractivity contribution is 6.30. The standard InChI is InChI=1S/C18H12ClNO/c19-13-5-3-10(4-6-13)18-16-8-14-11-1-2-12(7-11)15(14)9-17(16)21-20-18/h1-6,8-9,11-12H,7H2. The van der Waals surface area contributed by atoms with E-state index in [0.717, 1.165) is 27.2 Å². The number of nitrogens with zero attached hydrogens (tertiary/aromatic N) is 1. The molecule has 0 N–H and O–H groups in total. The Balaban J connectivity index is 1.73. The van der Waals surface area contributed by atoms with Gasteiger partial charge in [0.25, 0.3) is 0 Å². The van der Waals surface area contributed by atoms with Gasteiger partial charge in [-0.05, 0) is 41.8 Å². The second-order valence-electron chi connectivity index (χ2n) is 5.85. The molecule has 2 atom stereocenters. The average molecular weight is 294 g/mol. The molecular weight excluding hydrogens is 282 g/mol. The zero-order chi connectivity index (χ0) is 14.0. The molecule has 2 aliphatic carbocycles. The molecule has 3 aromatic rings. The van der Waals surface area contributed by atoms with E-state index in [1.54, 1.807) is 0 Å². The molecule has 5 rings (SSSR count). The Labute approximate surface area is 127 Å². The summed E-state index contributed by atoms with van der Waals surface area (Å²) in [5.41, 5.74) is 5.66. The first kappa shape index (κ1) is 11.6. The molecule has 0 amide bonds. The maximum atomic E-state index is 5.96. The van der Waals surface area contributed by atoms with Crippen LogP contribution in [-0.4, -0.2) is 5.16 Å². The summed E-state index contributed by atoms with van der Waals surface area (Å²) in [6.45, 7) is 0. The van der Waals surface area contributed by atoms with Gasteiger partial charge in [0, 0.05) is 22.4 Å². The van der Waals surface area contributed by atoms with Gasteiger partial charge in [-0.2, -0.15) is 0 Å². The number of hydrogen-bond acceptors (Lipinski definition) is 2. The third kappa shape index (κ3) is 1.57. The van der Waals surface area contributed by atoms with Crippen LogP contribution in [0.2, 0.25) is 5.02 Å². The van der Waals surface area contributed by atoms with E-state index < -0.39 is 0 Å². The molecule has 0 saturated carbocycles. The maximum absolute atomic E-state index is 5.96. The molecule has 0 spiro atoms. The number of fused-ring (bicyclic) bond motifs is 6. The first-order chi connectivity index (χ1) is 10.3. The van der Waals surface area contributed by atoms with Gasteiger partial charge in [0.05, 0.1) is 5.39 Å². The van der Waals surface area contributed by atoms with E-state index in [1.165, 1.54) is 17.5 Å². The minimum atomic E-state index is 0.568. The van der Waals surface area contributed by atoms with Crippen molar-refractivity contribution in [3.63, 3.8) is 0 Å². The first-order valence-corrected chi connectivity index (χ1v) is 7.55. The molecular formula is C18H12ClNO. The summed E-state index contributed by atoms with van der Waals surface area (Å²) in [6.07, 6.45) is 5.86. The zero-order valence-electron chi connectivity index (χ0n) is 11.2. The van der Waals surface area contributed by atoms with Crippen molar-refractivity contribution in [3.05, 3.63) is 64.7 Å². The second kappa shape index (κ2) is 3.99. The van der Waals surface area contributed by atoms with Crippen LogP contribution in [0.15, 0.2) is 53.1 Å². The van der Waals surface area contributed by atoms with E-state index in [2.05, 4.69) is 29.4 Å². The molecule has 0 saturated heterocycles. The lowest BCUT2D eigenvalue weighted by molar-refractivity contribution is 0.459. The fourth-order valence-electron chi connectivity index (χ4n) is 3.64. The van der Waals surface area contributed by atoms with Crippen molar-refractivity contribution in [2.24, 2.45) is 0 Å². The van der Waals surface area contributed by atoms with E-state index in [9.17, 15) is 0 Å². The molecule has 0 fully saturated rings. The molecule has 0 radical (unpaired) electrons. The number of allylic oxidation sites excluding steroid dienone is 2. The van der Waals surface area contributed by atoms with Crippen molar-refractivity contribution in [1.29, 1.82) is 0 Å². The topological polar surface area (TPSA) is 26.0 Å². The van der Waals surface area contributed by atoms with Gasteiger partial charge in [0.15, 0.2) is 5.58 Å². The van der Waals surface area contributed by atoms with Gasteiger partial charge in [-0.1, -0.05) is 41.0 Å². The first-order valence-electron chi connectivity index (χ1n) is 7.17. The molecule has 2 unspecified atom stereocenters. The Bertz CT molecular complexity index is 891. The predicted molar refractivity (Wildman–Crippen MR) is 83.7 cm³/mol. The molecule has 102 valence electrons. The van der Waals surface area contributed by atoms with Gasteiger partial charge in [0.1, 0.15) is 5.69 Å². The van der Waals surface area contributed by atoms with Crippen LogP contribution in [0.3, 0.4) is 0 Å². The van der Waals surface area contributed by atoms with Crippen LogP contribution in [0, 0.1) is 0 Å². The Morgan fingerprint density at radius 3 is 2.48 bits per heavy atom. The lowest BCUT2D eigenvalue weighted by Gasteiger charge is -2.09. The SMILES string of the molecule is Clc1ccc(-c2noc3cc4c(cc23)C2C=CC4C2)cc1. The van der Waals surface area contributed by atoms with Crippen molar-refractivity contribution in [3.8, 4) is 11.3 Å². The number of halogens is 1. The molecule has 3 heteroatoms. The van der Waals surface area contributed by atoms with Gasteiger partial charge in [-0.3, -0.25) is 0 Å². The summed E-state index contributed by atoms with van der Waals surface area (Å²) in [5.74, 6) is 1.14. The lowest BCUT2D eigenvalue weighted by atomic mass is 9.94. The molecule has 2 nitrogen and oxygen atoms in total. The van der Waals surface area contributed by atoms with Gasteiger partial charge >= 0.3 is 0 Å². The van der Waals surface area contributed by atoms with Crippen molar-refractivity contribution < 1.29 is 4.52 Å². The predicted octanol–water partition coefficient (Wildman–Crippen LogP) is 5.29. The lowest BCUT2D eigenvalue weighted by Crippen LogP contribution is -1.92. The number of benzene rings is 2. The fourth-order valence-corrected chi connectivity index (χ4v) is 3.76. The second-order valence-corrected chi connectivity index (χ2v) is 6.29. The van der Waals surface area contributed by atoms with Crippen LogP contribution in [0.5, 0.6) is 0 Å². The van der Waals surface area contributed by atoms with E-state index >= 15 is 0 Å². The number of hydrogen-bond donors (Lipinski definition) is 0. The van der Waals surface area contributed by atoms with Crippen LogP contribution < -0.4 is 0 Å². The number of aromatic nitrogens is 1. The van der Waals surface area contributed by atoms with Crippen LogP contribution in [0.4, 0.5) is 0 Å². The molecule has 21 heavy (non-hydrogen) atoms. The monoisotopic (exact) mass is 293 g/mol. The third-order valence-electron chi connectivity index (χ3n) is 4.68. The van der Waals surface area contributed by atoms with Crippen molar-refractivity contribution in [2.45, 2.75) is 18.3 Å². The fraction of sp³-hybridized carbons (Fsp3) is 0.167. The van der Waals surface area contributed by atoms with Gasteiger partial charge < -0.3 is 4.52 Å². The third-order valence-corrected chi connectivity index (χ3v) is 4.93. The summed E-state index contributed by atoms with van der Waals surface area (Å²) in [5, 5.41) is 6.09. The largest absolute Gasteiger partial charge is 0.356 e. The van der Waals surface area contributed by atoms with Crippen LogP contribution in [0.25, 0.3) is 22.2 Å². The maximum Gasteiger partial charge on any atom is 0.167 e. The molecule has 2 aliphatic rings. The summed E-state index contributed by atoms with van der Waals surface area (Å²) in [4.78, 5) is 0. The summed E-state index contributed by atoms with van der Waals surface area (Å²) >= 11 is 5.96. The van der Waals surface area contributed by atoms with Crippen LogP contribution >= 0.6 is 11.6 Å². The molecule has 2 aromatic carbocycles.